The normalized spacial score (nSPS) is 11.4. The van der Waals surface area contributed by atoms with Gasteiger partial charge < -0.3 is 15.5 Å². The number of aliphatic hydroxyl groups excluding tert-OH is 1. The average molecular weight is 330 g/mol. The Hall–Kier alpha value is -1.64. The largest absolute Gasteiger partial charge is 0.478 e. The quantitative estimate of drug-likeness (QED) is 0.480. The summed E-state index contributed by atoms with van der Waals surface area (Å²) in [4.78, 5) is 11.2. The molecule has 0 aliphatic heterocycles. The van der Waals surface area contributed by atoms with E-state index in [0.717, 1.165) is 12.5 Å². The van der Waals surface area contributed by atoms with E-state index in [1.54, 1.807) is 0 Å². The predicted octanol–water partition coefficient (Wildman–Crippen LogP) is 1.26. The van der Waals surface area contributed by atoms with Crippen molar-refractivity contribution in [2.24, 2.45) is 0 Å². The summed E-state index contributed by atoms with van der Waals surface area (Å²) in [5.41, 5.74) is 0.213. The molecule has 1 aromatic rings. The Labute approximate surface area is 130 Å². The Balaban J connectivity index is 2.99. The first kappa shape index (κ1) is 18.4. The van der Waals surface area contributed by atoms with E-state index in [-0.39, 0.29) is 17.1 Å². The van der Waals surface area contributed by atoms with Crippen LogP contribution in [0.5, 0.6) is 0 Å². The number of benzene rings is 1. The summed E-state index contributed by atoms with van der Waals surface area (Å²) in [7, 11) is -3.71. The molecular weight excluding hydrogens is 308 g/mol. The Morgan fingerprint density at radius 3 is 2.55 bits per heavy atom. The molecule has 22 heavy (non-hydrogen) atoms. The molecule has 0 atom stereocenters. The first-order valence-corrected chi connectivity index (χ1v) is 8.62. The van der Waals surface area contributed by atoms with Crippen LogP contribution < -0.4 is 10.0 Å². The zero-order chi connectivity index (χ0) is 16.6. The maximum absolute atomic E-state index is 12.1. The topological polar surface area (TPSA) is 116 Å². The van der Waals surface area contributed by atoms with Crippen LogP contribution in [-0.4, -0.2) is 44.3 Å². The zero-order valence-corrected chi connectivity index (χ0v) is 13.3. The van der Waals surface area contributed by atoms with Crippen molar-refractivity contribution in [3.05, 3.63) is 23.8 Å². The van der Waals surface area contributed by atoms with E-state index in [1.807, 2.05) is 6.92 Å². The van der Waals surface area contributed by atoms with Gasteiger partial charge in [-0.2, -0.15) is 0 Å². The van der Waals surface area contributed by atoms with E-state index < -0.39 is 16.0 Å². The molecule has 1 rings (SSSR count). The van der Waals surface area contributed by atoms with E-state index in [1.165, 1.54) is 12.1 Å². The summed E-state index contributed by atoms with van der Waals surface area (Å²) < 4.78 is 26.6. The molecule has 0 aliphatic rings. The molecule has 0 amide bonds. The smallest absolute Gasteiger partial charge is 0.337 e. The van der Waals surface area contributed by atoms with Gasteiger partial charge in [0.15, 0.2) is 0 Å². The number of hydrogen-bond acceptors (Lipinski definition) is 5. The van der Waals surface area contributed by atoms with Gasteiger partial charge in [0, 0.05) is 25.4 Å². The lowest BCUT2D eigenvalue weighted by Gasteiger charge is -2.12. The van der Waals surface area contributed by atoms with Crippen LogP contribution >= 0.6 is 0 Å². The van der Waals surface area contributed by atoms with Gasteiger partial charge in [-0.3, -0.25) is 0 Å². The summed E-state index contributed by atoms with van der Waals surface area (Å²) in [6.45, 7) is 2.66. The summed E-state index contributed by atoms with van der Waals surface area (Å²) in [5.74, 6) is -1.21. The summed E-state index contributed by atoms with van der Waals surface area (Å²) in [6.07, 6.45) is 2.04. The molecule has 0 aromatic heterocycles. The molecule has 0 aliphatic carbocycles. The molecule has 7 nitrogen and oxygen atoms in total. The van der Waals surface area contributed by atoms with Crippen molar-refractivity contribution in [2.75, 3.05) is 25.0 Å². The summed E-state index contributed by atoms with van der Waals surface area (Å²) in [5, 5.41) is 20.8. The lowest BCUT2D eigenvalue weighted by Crippen LogP contribution is -2.25. The standard InChI is InChI=1S/C14H22N2O5S/c1-2-3-8-16-22(20,21)11-5-6-13(15-7-4-9-17)12(10-11)14(18)19/h5-6,10,15-17H,2-4,7-9H2,1H3,(H,18,19). The van der Waals surface area contributed by atoms with Gasteiger partial charge in [0.05, 0.1) is 10.5 Å². The second kappa shape index (κ2) is 8.72. The molecule has 0 unspecified atom stereocenters. The van der Waals surface area contributed by atoms with Gasteiger partial charge in [0.1, 0.15) is 0 Å². The summed E-state index contributed by atoms with van der Waals surface area (Å²) in [6, 6.07) is 3.93. The third-order valence-corrected chi connectivity index (χ3v) is 4.46. The van der Waals surface area contributed by atoms with Gasteiger partial charge in [-0.1, -0.05) is 13.3 Å². The highest BCUT2D eigenvalue weighted by molar-refractivity contribution is 7.89. The van der Waals surface area contributed by atoms with Crippen molar-refractivity contribution >= 4 is 21.7 Å². The number of hydrogen-bond donors (Lipinski definition) is 4. The minimum Gasteiger partial charge on any atom is -0.478 e. The molecule has 0 saturated carbocycles. The van der Waals surface area contributed by atoms with Crippen molar-refractivity contribution in [2.45, 2.75) is 31.1 Å². The minimum atomic E-state index is -3.71. The highest BCUT2D eigenvalue weighted by atomic mass is 32.2. The number of aliphatic hydroxyl groups is 1. The second-order valence-electron chi connectivity index (χ2n) is 4.77. The number of aromatic carboxylic acids is 1. The van der Waals surface area contributed by atoms with Gasteiger partial charge in [0.25, 0.3) is 0 Å². The van der Waals surface area contributed by atoms with Crippen molar-refractivity contribution in [3.8, 4) is 0 Å². The molecule has 0 heterocycles. The maximum Gasteiger partial charge on any atom is 0.337 e. The SMILES string of the molecule is CCCCNS(=O)(=O)c1ccc(NCCCO)c(C(=O)O)c1. The molecule has 124 valence electrons. The number of carboxylic acids is 1. The maximum atomic E-state index is 12.1. The fourth-order valence-corrected chi connectivity index (χ4v) is 2.89. The molecule has 0 fully saturated rings. The van der Waals surface area contributed by atoms with Crippen molar-refractivity contribution in [1.82, 2.24) is 4.72 Å². The Bertz CT molecular complexity index is 601. The van der Waals surface area contributed by atoms with Crippen LogP contribution in [0, 0.1) is 0 Å². The van der Waals surface area contributed by atoms with E-state index in [9.17, 15) is 18.3 Å². The third-order valence-electron chi connectivity index (χ3n) is 3.00. The lowest BCUT2D eigenvalue weighted by atomic mass is 10.2. The van der Waals surface area contributed by atoms with Crippen molar-refractivity contribution < 1.29 is 23.4 Å². The van der Waals surface area contributed by atoms with Gasteiger partial charge >= 0.3 is 5.97 Å². The van der Waals surface area contributed by atoms with E-state index >= 15 is 0 Å². The van der Waals surface area contributed by atoms with E-state index in [4.69, 9.17) is 5.11 Å². The Morgan fingerprint density at radius 1 is 1.23 bits per heavy atom. The number of carbonyl (C=O) groups is 1. The highest BCUT2D eigenvalue weighted by Gasteiger charge is 2.18. The van der Waals surface area contributed by atoms with Crippen LogP contribution in [0.3, 0.4) is 0 Å². The van der Waals surface area contributed by atoms with Gasteiger partial charge in [0.2, 0.25) is 10.0 Å². The van der Waals surface area contributed by atoms with Gasteiger partial charge in [-0.05, 0) is 31.0 Å². The molecule has 8 heteroatoms. The number of carboxylic acid groups (broad SMARTS) is 1. The fraction of sp³-hybridized carbons (Fsp3) is 0.500. The molecular formula is C14H22N2O5S. The highest BCUT2D eigenvalue weighted by Crippen LogP contribution is 2.20. The average Bonchev–Trinajstić information content (AvgIpc) is 2.47. The molecule has 0 radical (unpaired) electrons. The van der Waals surface area contributed by atoms with Crippen LogP contribution in [0.1, 0.15) is 36.5 Å². The molecule has 4 N–H and O–H groups in total. The Kier molecular flexibility index (Phi) is 7.30. The first-order chi connectivity index (χ1) is 10.4. The molecule has 0 saturated heterocycles. The molecule has 0 bridgehead atoms. The number of anilines is 1. The van der Waals surface area contributed by atoms with Gasteiger partial charge in [-0.25, -0.2) is 17.9 Å². The number of nitrogens with one attached hydrogen (secondary N) is 2. The fourth-order valence-electron chi connectivity index (χ4n) is 1.79. The predicted molar refractivity (Wildman–Crippen MR) is 83.7 cm³/mol. The van der Waals surface area contributed by atoms with Crippen LogP contribution in [-0.2, 0) is 10.0 Å². The van der Waals surface area contributed by atoms with Crippen molar-refractivity contribution in [1.29, 1.82) is 0 Å². The lowest BCUT2D eigenvalue weighted by molar-refractivity contribution is 0.0697. The minimum absolute atomic E-state index is 0.0107. The first-order valence-electron chi connectivity index (χ1n) is 7.14. The second-order valence-corrected chi connectivity index (χ2v) is 6.53. The van der Waals surface area contributed by atoms with Crippen LogP contribution in [0.15, 0.2) is 23.1 Å². The van der Waals surface area contributed by atoms with Gasteiger partial charge in [-0.15, -0.1) is 0 Å². The number of rotatable bonds is 10. The molecule has 0 spiro atoms. The molecule has 1 aromatic carbocycles. The summed E-state index contributed by atoms with van der Waals surface area (Å²) >= 11 is 0. The van der Waals surface area contributed by atoms with Crippen LogP contribution in [0.25, 0.3) is 0 Å². The Morgan fingerprint density at radius 2 is 1.95 bits per heavy atom. The zero-order valence-electron chi connectivity index (χ0n) is 12.5. The van der Waals surface area contributed by atoms with Crippen LogP contribution in [0.2, 0.25) is 0 Å². The van der Waals surface area contributed by atoms with Crippen molar-refractivity contribution in [3.63, 3.8) is 0 Å². The third kappa shape index (κ3) is 5.28. The monoisotopic (exact) mass is 330 g/mol. The van der Waals surface area contributed by atoms with Crippen LogP contribution in [0.4, 0.5) is 5.69 Å². The van der Waals surface area contributed by atoms with E-state index in [0.29, 0.717) is 31.6 Å². The number of unbranched alkanes of at least 4 members (excludes halogenated alkanes) is 1. The van der Waals surface area contributed by atoms with E-state index in [2.05, 4.69) is 10.0 Å². The number of sulfonamides is 1.